The maximum Gasteiger partial charge on any atom is 0.416 e. The molecule has 0 saturated carbocycles. The van der Waals surface area contributed by atoms with E-state index < -0.39 is 11.7 Å². The lowest BCUT2D eigenvalue weighted by molar-refractivity contribution is -0.137. The Bertz CT molecular complexity index is 5410. The Morgan fingerprint density at radius 1 is 0.326 bits per heavy atom. The van der Waals surface area contributed by atoms with Gasteiger partial charge in [-0.3, -0.25) is 0 Å². The van der Waals surface area contributed by atoms with E-state index in [0.29, 0.717) is 90.1 Å². The summed E-state index contributed by atoms with van der Waals surface area (Å²) in [6.45, 7) is 16.2. The molecule has 0 N–H and O–H groups in total. The normalized spacial score (nSPS) is 11.4. The first-order valence-electron chi connectivity index (χ1n) is 29.4. The molecule has 0 aliphatic carbocycles. The Hall–Kier alpha value is -13.0. The van der Waals surface area contributed by atoms with Crippen molar-refractivity contribution in [1.82, 2.24) is 24.1 Å². The molecule has 0 aliphatic rings. The molecule has 0 saturated heterocycles. The number of nitriles is 2. The van der Waals surface area contributed by atoms with E-state index in [1.54, 1.807) is 24.3 Å². The Kier molecular flexibility index (Phi) is 13.7. The van der Waals surface area contributed by atoms with Gasteiger partial charge in [0.2, 0.25) is 0 Å². The van der Waals surface area contributed by atoms with Gasteiger partial charge in [0.25, 0.3) is 0 Å². The molecule has 15 aromatic rings. The second kappa shape index (κ2) is 22.6. The topological polar surface area (TPSA) is 105 Å². The highest BCUT2D eigenvalue weighted by Crippen LogP contribution is 2.47. The van der Waals surface area contributed by atoms with Gasteiger partial charge in [0.1, 0.15) is 0 Å². The van der Waals surface area contributed by atoms with Crippen LogP contribution >= 0.6 is 0 Å². The number of fused-ring (bicyclic) bond motifs is 6. The van der Waals surface area contributed by atoms with Gasteiger partial charge in [-0.25, -0.2) is 24.6 Å². The van der Waals surface area contributed by atoms with Crippen molar-refractivity contribution in [2.75, 3.05) is 0 Å². The molecule has 0 unspecified atom stereocenters. The number of nitrogens with zero attached hydrogens (tertiary/aromatic N) is 9. The molecule has 0 amide bonds. The summed E-state index contributed by atoms with van der Waals surface area (Å²) >= 11 is 0. The zero-order chi connectivity index (χ0) is 62.6. The van der Waals surface area contributed by atoms with E-state index >= 15 is 13.2 Å². The summed E-state index contributed by atoms with van der Waals surface area (Å²) in [5.41, 5.74) is 13.3. The van der Waals surface area contributed by atoms with E-state index in [2.05, 4.69) is 26.4 Å². The third-order valence-corrected chi connectivity index (χ3v) is 17.0. The number of hydrogen-bond acceptors (Lipinski definition) is 5. The lowest BCUT2D eigenvalue weighted by Crippen LogP contribution is -2.08. The van der Waals surface area contributed by atoms with Crippen molar-refractivity contribution < 1.29 is 13.2 Å². The molecule has 9 nitrogen and oxygen atoms in total. The van der Waals surface area contributed by atoms with E-state index in [-0.39, 0.29) is 5.56 Å². The van der Waals surface area contributed by atoms with Crippen LogP contribution in [-0.2, 0) is 6.18 Å². The molecule has 12 aromatic carbocycles. The first-order chi connectivity index (χ1) is 45.1. The van der Waals surface area contributed by atoms with Crippen LogP contribution in [0.4, 0.5) is 24.5 Å². The maximum absolute atomic E-state index is 15.8. The summed E-state index contributed by atoms with van der Waals surface area (Å²) in [6.07, 6.45) is -4.78. The van der Waals surface area contributed by atoms with Crippen molar-refractivity contribution in [3.8, 4) is 113 Å². The van der Waals surface area contributed by atoms with Crippen LogP contribution in [0.3, 0.4) is 0 Å². The lowest BCUT2D eigenvalue weighted by atomic mass is 9.96. The highest BCUT2D eigenvalue weighted by molar-refractivity contribution is 6.14. The maximum atomic E-state index is 15.8. The van der Waals surface area contributed by atoms with Crippen LogP contribution in [0.25, 0.3) is 154 Å². The van der Waals surface area contributed by atoms with Crippen LogP contribution < -0.4 is 0 Å². The third kappa shape index (κ3) is 9.62. The van der Waals surface area contributed by atoms with Crippen molar-refractivity contribution >= 4 is 55.0 Å². The van der Waals surface area contributed by atoms with Gasteiger partial charge in [-0.05, 0) is 129 Å². The fourth-order valence-corrected chi connectivity index (χ4v) is 12.7. The molecular formula is C80H44F3N9. The van der Waals surface area contributed by atoms with Gasteiger partial charge in [0, 0.05) is 49.4 Å². The minimum absolute atomic E-state index is 0.240. The Labute approximate surface area is 526 Å². The van der Waals surface area contributed by atoms with Gasteiger partial charge >= 0.3 is 6.18 Å². The number of benzene rings is 12. The smallest absolute Gasteiger partial charge is 0.309 e. The molecule has 12 heteroatoms. The van der Waals surface area contributed by atoms with Gasteiger partial charge in [0.05, 0.1) is 75.4 Å². The fourth-order valence-electron chi connectivity index (χ4n) is 12.7. The third-order valence-electron chi connectivity index (χ3n) is 17.0. The van der Waals surface area contributed by atoms with E-state index in [9.17, 15) is 10.5 Å². The number of halogens is 3. The zero-order valence-corrected chi connectivity index (χ0v) is 48.6. The zero-order valence-electron chi connectivity index (χ0n) is 48.6. The van der Waals surface area contributed by atoms with Crippen LogP contribution in [0.5, 0.6) is 0 Å². The van der Waals surface area contributed by atoms with E-state index in [1.165, 1.54) is 12.1 Å². The molecule has 430 valence electrons. The molecule has 0 atom stereocenters. The fraction of sp³-hybridized carbons (Fsp3) is 0.0125. The highest BCUT2D eigenvalue weighted by Gasteiger charge is 2.33. The van der Waals surface area contributed by atoms with Gasteiger partial charge in [-0.15, -0.1) is 0 Å². The van der Waals surface area contributed by atoms with Gasteiger partial charge < -0.3 is 9.13 Å². The van der Waals surface area contributed by atoms with E-state index in [0.717, 1.165) is 77.7 Å². The van der Waals surface area contributed by atoms with Crippen molar-refractivity contribution in [3.63, 3.8) is 0 Å². The van der Waals surface area contributed by atoms with Crippen LogP contribution in [0, 0.1) is 35.8 Å². The first-order valence-corrected chi connectivity index (χ1v) is 29.4. The van der Waals surface area contributed by atoms with Gasteiger partial charge in [-0.1, -0.05) is 182 Å². The van der Waals surface area contributed by atoms with Crippen molar-refractivity contribution in [3.05, 3.63) is 306 Å². The lowest BCUT2D eigenvalue weighted by Gasteiger charge is -2.21. The van der Waals surface area contributed by atoms with Crippen molar-refractivity contribution in [1.29, 1.82) is 10.5 Å². The molecule has 0 bridgehead atoms. The van der Waals surface area contributed by atoms with Crippen LogP contribution in [0.1, 0.15) is 16.7 Å². The van der Waals surface area contributed by atoms with E-state index in [1.807, 2.05) is 229 Å². The summed E-state index contributed by atoms with van der Waals surface area (Å²) in [5, 5.41) is 23.8. The van der Waals surface area contributed by atoms with Crippen LogP contribution in [0.2, 0.25) is 0 Å². The second-order valence-corrected chi connectivity index (χ2v) is 22.2. The quantitative estimate of drug-likeness (QED) is 0.127. The van der Waals surface area contributed by atoms with Crippen LogP contribution in [-0.4, -0.2) is 24.1 Å². The minimum atomic E-state index is -4.78. The summed E-state index contributed by atoms with van der Waals surface area (Å²) in [6, 6.07) is 86.7. The number of rotatable bonds is 10. The molecule has 0 aliphatic heterocycles. The largest absolute Gasteiger partial charge is 0.416 e. The molecule has 0 fully saturated rings. The molecule has 3 heterocycles. The van der Waals surface area contributed by atoms with Gasteiger partial charge in [0.15, 0.2) is 28.8 Å². The SMILES string of the molecule is [C-]#[N+]c1ccccc1-c1ccc2c(c1)c1cc(-c3ccccc3C#N)ccc1n2-c1ccc(C(F)(F)F)cc1-c1ccc(-c2nc(-c3ccccc3)nc(-c3ccccc3)n2)cc1-n1c2ccc(-c3ccccc3C#N)cc2c2cc(-c3ccccc3[N+]#[C-])ccc21. The van der Waals surface area contributed by atoms with E-state index in [4.69, 9.17) is 28.1 Å². The predicted octanol–water partition coefficient (Wildman–Crippen LogP) is 21.3. The van der Waals surface area contributed by atoms with Crippen molar-refractivity contribution in [2.24, 2.45) is 0 Å². The van der Waals surface area contributed by atoms with Crippen LogP contribution in [0.15, 0.2) is 267 Å². The molecule has 15 rings (SSSR count). The molecule has 92 heavy (non-hydrogen) atoms. The number of alkyl halides is 3. The Balaban J connectivity index is 1.06. The number of para-hydroxylation sites is 2. The van der Waals surface area contributed by atoms with Gasteiger partial charge in [-0.2, -0.15) is 23.7 Å². The monoisotopic (exact) mass is 1190 g/mol. The average molecular weight is 1190 g/mol. The molecular weight excluding hydrogens is 1140 g/mol. The summed E-state index contributed by atoms with van der Waals surface area (Å²) < 4.78 is 51.4. The molecule has 3 aromatic heterocycles. The first kappa shape index (κ1) is 55.6. The summed E-state index contributed by atoms with van der Waals surface area (Å²) in [4.78, 5) is 23.0. The molecule has 0 radical (unpaired) electrons. The standard InChI is InChI=1S/C80H44F3N9/c1-86-69-27-15-13-25-61(69)53-32-38-72-66(43-53)64-41-51(59-23-11-9-21-56(59)47-84)30-36-71(64)91(72)75-40-34-58(80(81,82)83)46-68(75)63-35-29-55(79-89-77(49-17-5-3-6-18-49)88-78(90-79)50-19-7-4-8-20-50)45-76(63)92-73-37-31-52(60-24-12-10-22-57(60)48-85)42-65(73)67-44-54(33-39-74(67)92)62-26-14-16-28-70(62)87-2/h3-46H. The number of aromatic nitrogens is 5. The summed E-state index contributed by atoms with van der Waals surface area (Å²) in [5.74, 6) is 1.15. The predicted molar refractivity (Wildman–Crippen MR) is 359 cm³/mol. The average Bonchev–Trinajstić information content (AvgIpc) is 1.56. The number of hydrogen-bond donors (Lipinski definition) is 0. The molecule has 0 spiro atoms. The highest BCUT2D eigenvalue weighted by atomic mass is 19.4. The minimum Gasteiger partial charge on any atom is -0.309 e. The Morgan fingerprint density at radius 2 is 0.696 bits per heavy atom. The second-order valence-electron chi connectivity index (χ2n) is 22.2. The Morgan fingerprint density at radius 3 is 1.12 bits per heavy atom. The summed E-state index contributed by atoms with van der Waals surface area (Å²) in [7, 11) is 0. The van der Waals surface area contributed by atoms with Crippen molar-refractivity contribution in [2.45, 2.75) is 6.18 Å².